The minimum absolute atomic E-state index is 0.0313. The third kappa shape index (κ3) is 3.33. The standard InChI is InChI=1S/C9H15NO4/c1-6-7(4-5-14-6)10-8(11)2-3-9(12)13/h6-7H,2-5H2,1H3,(H,10,11)(H,12,13). The Balaban J connectivity index is 2.22. The summed E-state index contributed by atoms with van der Waals surface area (Å²) in [6.45, 7) is 2.56. The van der Waals surface area contributed by atoms with Gasteiger partial charge in [-0.1, -0.05) is 0 Å². The summed E-state index contributed by atoms with van der Waals surface area (Å²) in [5, 5.41) is 11.1. The van der Waals surface area contributed by atoms with Gasteiger partial charge in [0, 0.05) is 13.0 Å². The van der Waals surface area contributed by atoms with Crippen LogP contribution in [0.5, 0.6) is 0 Å². The van der Waals surface area contributed by atoms with Crippen molar-refractivity contribution in [3.63, 3.8) is 0 Å². The SMILES string of the molecule is CC1OCCC1NC(=O)CCC(=O)O. The third-order valence-corrected chi connectivity index (χ3v) is 2.29. The minimum Gasteiger partial charge on any atom is -0.481 e. The lowest BCUT2D eigenvalue weighted by molar-refractivity contribution is -0.139. The van der Waals surface area contributed by atoms with Crippen LogP contribution in [0.1, 0.15) is 26.2 Å². The van der Waals surface area contributed by atoms with Crippen LogP contribution in [0.2, 0.25) is 0 Å². The van der Waals surface area contributed by atoms with Crippen LogP contribution in [-0.2, 0) is 14.3 Å². The monoisotopic (exact) mass is 201 g/mol. The lowest BCUT2D eigenvalue weighted by atomic mass is 10.1. The van der Waals surface area contributed by atoms with Gasteiger partial charge in [0.2, 0.25) is 5.91 Å². The molecule has 0 aromatic carbocycles. The van der Waals surface area contributed by atoms with E-state index in [1.54, 1.807) is 0 Å². The van der Waals surface area contributed by atoms with Crippen molar-refractivity contribution in [2.24, 2.45) is 0 Å². The van der Waals surface area contributed by atoms with E-state index in [0.29, 0.717) is 6.61 Å². The molecule has 0 saturated carbocycles. The molecule has 2 atom stereocenters. The topological polar surface area (TPSA) is 75.6 Å². The molecule has 1 amide bonds. The number of rotatable bonds is 4. The summed E-state index contributed by atoms with van der Waals surface area (Å²) in [7, 11) is 0. The van der Waals surface area contributed by atoms with Crippen molar-refractivity contribution in [1.82, 2.24) is 5.32 Å². The Morgan fingerprint density at radius 3 is 2.71 bits per heavy atom. The van der Waals surface area contributed by atoms with Crippen molar-refractivity contribution in [2.45, 2.75) is 38.3 Å². The first-order valence-corrected chi connectivity index (χ1v) is 4.72. The van der Waals surface area contributed by atoms with E-state index in [1.807, 2.05) is 6.92 Å². The fourth-order valence-electron chi connectivity index (χ4n) is 1.42. The van der Waals surface area contributed by atoms with Crippen molar-refractivity contribution in [3.05, 3.63) is 0 Å². The molecule has 2 N–H and O–H groups in total. The number of ether oxygens (including phenoxy) is 1. The minimum atomic E-state index is -0.948. The second-order valence-corrected chi connectivity index (χ2v) is 3.43. The molecule has 0 radical (unpaired) electrons. The summed E-state index contributed by atoms with van der Waals surface area (Å²) < 4.78 is 5.26. The van der Waals surface area contributed by atoms with Crippen LogP contribution in [0.4, 0.5) is 0 Å². The highest BCUT2D eigenvalue weighted by atomic mass is 16.5. The van der Waals surface area contributed by atoms with Gasteiger partial charge < -0.3 is 15.2 Å². The molecule has 1 rings (SSSR count). The molecule has 1 aliphatic rings. The van der Waals surface area contributed by atoms with Gasteiger partial charge in [-0.15, -0.1) is 0 Å². The summed E-state index contributed by atoms with van der Waals surface area (Å²) >= 11 is 0. The first-order chi connectivity index (χ1) is 6.59. The van der Waals surface area contributed by atoms with Crippen molar-refractivity contribution in [3.8, 4) is 0 Å². The van der Waals surface area contributed by atoms with Gasteiger partial charge in [-0.3, -0.25) is 9.59 Å². The van der Waals surface area contributed by atoms with Gasteiger partial charge >= 0.3 is 5.97 Å². The molecule has 14 heavy (non-hydrogen) atoms. The van der Waals surface area contributed by atoms with Gasteiger partial charge in [-0.05, 0) is 13.3 Å². The molecule has 5 heteroatoms. The van der Waals surface area contributed by atoms with Crippen LogP contribution < -0.4 is 5.32 Å². The number of aliphatic carboxylic acids is 1. The summed E-state index contributed by atoms with van der Waals surface area (Å²) in [5.41, 5.74) is 0. The number of carboxylic acids is 1. The van der Waals surface area contributed by atoms with Gasteiger partial charge in [0.25, 0.3) is 0 Å². The lowest BCUT2D eigenvalue weighted by Crippen LogP contribution is -2.39. The highest BCUT2D eigenvalue weighted by Crippen LogP contribution is 2.12. The normalized spacial score (nSPS) is 26.1. The van der Waals surface area contributed by atoms with Crippen LogP contribution in [0.25, 0.3) is 0 Å². The van der Waals surface area contributed by atoms with Gasteiger partial charge in [-0.2, -0.15) is 0 Å². The second-order valence-electron chi connectivity index (χ2n) is 3.43. The van der Waals surface area contributed by atoms with E-state index in [1.165, 1.54) is 0 Å². The van der Waals surface area contributed by atoms with Gasteiger partial charge in [0.1, 0.15) is 0 Å². The molecule has 2 unspecified atom stereocenters. The van der Waals surface area contributed by atoms with Crippen LogP contribution in [-0.4, -0.2) is 35.7 Å². The van der Waals surface area contributed by atoms with Crippen molar-refractivity contribution < 1.29 is 19.4 Å². The zero-order chi connectivity index (χ0) is 10.6. The summed E-state index contributed by atoms with van der Waals surface area (Å²) in [6, 6.07) is 0.0382. The Bertz CT molecular complexity index is 229. The summed E-state index contributed by atoms with van der Waals surface area (Å²) in [4.78, 5) is 21.4. The van der Waals surface area contributed by atoms with Crippen LogP contribution in [0, 0.1) is 0 Å². The lowest BCUT2D eigenvalue weighted by Gasteiger charge is -2.15. The maximum Gasteiger partial charge on any atom is 0.303 e. The Morgan fingerprint density at radius 2 is 2.21 bits per heavy atom. The largest absolute Gasteiger partial charge is 0.481 e. The van der Waals surface area contributed by atoms with Crippen molar-refractivity contribution in [2.75, 3.05) is 6.61 Å². The number of hydrogen-bond acceptors (Lipinski definition) is 3. The molecule has 1 heterocycles. The first kappa shape index (κ1) is 11.0. The van der Waals surface area contributed by atoms with Crippen molar-refractivity contribution >= 4 is 11.9 Å². The van der Waals surface area contributed by atoms with Crippen LogP contribution in [0.15, 0.2) is 0 Å². The number of amides is 1. The molecule has 1 aliphatic heterocycles. The maximum absolute atomic E-state index is 11.2. The molecule has 0 aromatic heterocycles. The Morgan fingerprint density at radius 1 is 1.50 bits per heavy atom. The molecular formula is C9H15NO4. The molecule has 0 aromatic rings. The fraction of sp³-hybridized carbons (Fsp3) is 0.778. The zero-order valence-electron chi connectivity index (χ0n) is 8.16. The number of carbonyl (C=O) groups is 2. The van der Waals surface area contributed by atoms with Gasteiger partial charge in [0.05, 0.1) is 18.6 Å². The first-order valence-electron chi connectivity index (χ1n) is 4.72. The van der Waals surface area contributed by atoms with Gasteiger partial charge in [0.15, 0.2) is 0 Å². The van der Waals surface area contributed by atoms with E-state index in [-0.39, 0.29) is 30.9 Å². The Kier molecular flexibility index (Phi) is 3.88. The molecule has 1 fully saturated rings. The third-order valence-electron chi connectivity index (χ3n) is 2.29. The van der Waals surface area contributed by atoms with E-state index >= 15 is 0 Å². The van der Waals surface area contributed by atoms with Crippen LogP contribution >= 0.6 is 0 Å². The summed E-state index contributed by atoms with van der Waals surface area (Å²) in [5.74, 6) is -1.16. The van der Waals surface area contributed by atoms with Crippen LogP contribution in [0.3, 0.4) is 0 Å². The molecule has 80 valence electrons. The number of hydrogen-bond donors (Lipinski definition) is 2. The molecule has 0 spiro atoms. The van der Waals surface area contributed by atoms with Crippen molar-refractivity contribution in [1.29, 1.82) is 0 Å². The van der Waals surface area contributed by atoms with E-state index in [2.05, 4.69) is 5.32 Å². The molecule has 5 nitrogen and oxygen atoms in total. The maximum atomic E-state index is 11.2. The van der Waals surface area contributed by atoms with E-state index < -0.39 is 5.97 Å². The molecule has 0 bridgehead atoms. The van der Waals surface area contributed by atoms with E-state index in [0.717, 1.165) is 6.42 Å². The average Bonchev–Trinajstić information content (AvgIpc) is 2.49. The smallest absolute Gasteiger partial charge is 0.303 e. The quantitative estimate of drug-likeness (QED) is 0.678. The summed E-state index contributed by atoms with van der Waals surface area (Å²) in [6.07, 6.45) is 0.760. The number of carbonyl (C=O) groups excluding carboxylic acids is 1. The number of nitrogens with one attached hydrogen (secondary N) is 1. The molecular weight excluding hydrogens is 186 g/mol. The highest BCUT2D eigenvalue weighted by Gasteiger charge is 2.25. The average molecular weight is 201 g/mol. The fourth-order valence-corrected chi connectivity index (χ4v) is 1.42. The Hall–Kier alpha value is -1.10. The number of carboxylic acid groups (broad SMARTS) is 1. The predicted octanol–water partition coefficient (Wildman–Crippen LogP) is 0.145. The molecule has 1 saturated heterocycles. The molecule has 0 aliphatic carbocycles. The van der Waals surface area contributed by atoms with E-state index in [9.17, 15) is 9.59 Å². The van der Waals surface area contributed by atoms with E-state index in [4.69, 9.17) is 9.84 Å². The Labute approximate surface area is 82.4 Å². The highest BCUT2D eigenvalue weighted by molar-refractivity contribution is 5.80. The zero-order valence-corrected chi connectivity index (χ0v) is 8.16. The predicted molar refractivity (Wildman–Crippen MR) is 48.8 cm³/mol. The second kappa shape index (κ2) is 4.95. The van der Waals surface area contributed by atoms with Gasteiger partial charge in [-0.25, -0.2) is 0 Å².